The molecule has 0 fully saturated rings. The first-order valence-corrected chi connectivity index (χ1v) is 10.6. The van der Waals surface area contributed by atoms with Crippen molar-refractivity contribution in [2.75, 3.05) is 13.7 Å². The number of carbonyl (C=O) groups excluding carboxylic acids is 1. The van der Waals surface area contributed by atoms with Gasteiger partial charge in [0, 0.05) is 17.8 Å². The first kappa shape index (κ1) is 21.0. The molecule has 0 saturated heterocycles. The van der Waals surface area contributed by atoms with Crippen molar-refractivity contribution in [3.8, 4) is 5.75 Å². The predicted molar refractivity (Wildman–Crippen MR) is 115 cm³/mol. The molecule has 0 atom stereocenters. The number of ether oxygens (including phenoxy) is 2. The molecule has 0 spiro atoms. The van der Waals surface area contributed by atoms with E-state index in [9.17, 15) is 9.59 Å². The van der Waals surface area contributed by atoms with Gasteiger partial charge in [0.15, 0.2) is 0 Å². The monoisotopic (exact) mass is 414 g/mol. The summed E-state index contributed by atoms with van der Waals surface area (Å²) in [5.41, 5.74) is 1.56. The second-order valence-corrected chi connectivity index (χ2v) is 8.12. The van der Waals surface area contributed by atoms with E-state index < -0.39 is 0 Å². The second-order valence-electron chi connectivity index (χ2n) is 6.92. The smallest absolute Gasteiger partial charge is 0.337 e. The number of carbonyl (C=O) groups is 1. The molecule has 3 rings (SSSR count). The SMILES string of the molecule is CCCc1nc2sc(C)c(C)c2c(=O)n1CCCOc1ccc(C(=O)OC)cc1. The topological polar surface area (TPSA) is 70.4 Å². The van der Waals surface area contributed by atoms with E-state index in [1.807, 2.05) is 13.8 Å². The maximum absolute atomic E-state index is 13.1. The van der Waals surface area contributed by atoms with Crippen molar-refractivity contribution < 1.29 is 14.3 Å². The van der Waals surface area contributed by atoms with Gasteiger partial charge >= 0.3 is 5.97 Å². The summed E-state index contributed by atoms with van der Waals surface area (Å²) in [5.74, 6) is 1.14. The molecular formula is C22H26N2O4S. The van der Waals surface area contributed by atoms with Gasteiger partial charge in [0.25, 0.3) is 5.56 Å². The molecule has 0 saturated carbocycles. The molecule has 1 aromatic carbocycles. The summed E-state index contributed by atoms with van der Waals surface area (Å²) in [6.45, 7) is 7.14. The highest BCUT2D eigenvalue weighted by Gasteiger charge is 2.16. The molecule has 0 radical (unpaired) electrons. The number of nitrogens with zero attached hydrogens (tertiary/aromatic N) is 2. The third-order valence-electron chi connectivity index (χ3n) is 4.91. The number of fused-ring (bicyclic) bond motifs is 1. The maximum Gasteiger partial charge on any atom is 0.337 e. The zero-order chi connectivity index (χ0) is 21.0. The van der Waals surface area contributed by atoms with E-state index in [1.165, 1.54) is 7.11 Å². The minimum absolute atomic E-state index is 0.0442. The first-order valence-electron chi connectivity index (χ1n) is 9.76. The van der Waals surface area contributed by atoms with Gasteiger partial charge in [-0.2, -0.15) is 0 Å². The second kappa shape index (κ2) is 9.22. The average molecular weight is 415 g/mol. The van der Waals surface area contributed by atoms with Gasteiger partial charge in [0.05, 0.1) is 24.7 Å². The van der Waals surface area contributed by atoms with Crippen LogP contribution in [0.1, 0.15) is 46.4 Å². The van der Waals surface area contributed by atoms with Crippen molar-refractivity contribution in [2.24, 2.45) is 0 Å². The minimum atomic E-state index is -0.374. The van der Waals surface area contributed by atoms with Crippen molar-refractivity contribution in [2.45, 2.75) is 46.6 Å². The number of esters is 1. The Kier molecular flexibility index (Phi) is 6.69. The Bertz CT molecular complexity index is 1070. The highest BCUT2D eigenvalue weighted by Crippen LogP contribution is 2.26. The molecule has 0 N–H and O–H groups in total. The van der Waals surface area contributed by atoms with Gasteiger partial charge in [0.2, 0.25) is 0 Å². The van der Waals surface area contributed by atoms with Crippen LogP contribution in [0.5, 0.6) is 5.75 Å². The van der Waals surface area contributed by atoms with Crippen molar-refractivity contribution in [3.05, 3.63) is 56.4 Å². The largest absolute Gasteiger partial charge is 0.494 e. The van der Waals surface area contributed by atoms with Crippen LogP contribution < -0.4 is 10.3 Å². The quantitative estimate of drug-likeness (QED) is 0.406. The Morgan fingerprint density at radius 3 is 2.59 bits per heavy atom. The molecule has 3 aromatic rings. The zero-order valence-corrected chi connectivity index (χ0v) is 18.1. The molecule has 29 heavy (non-hydrogen) atoms. The van der Waals surface area contributed by atoms with Crippen LogP contribution in [0.4, 0.5) is 0 Å². The number of benzene rings is 1. The van der Waals surface area contributed by atoms with Crippen LogP contribution in [0, 0.1) is 13.8 Å². The zero-order valence-electron chi connectivity index (χ0n) is 17.3. The van der Waals surface area contributed by atoms with Gasteiger partial charge in [-0.25, -0.2) is 9.78 Å². The molecule has 0 bridgehead atoms. The molecule has 0 aliphatic carbocycles. The van der Waals surface area contributed by atoms with Crippen LogP contribution in [0.15, 0.2) is 29.1 Å². The summed E-state index contributed by atoms with van der Waals surface area (Å²) in [6, 6.07) is 6.83. The lowest BCUT2D eigenvalue weighted by molar-refractivity contribution is 0.0600. The van der Waals surface area contributed by atoms with Crippen LogP contribution in [0.25, 0.3) is 10.2 Å². The Balaban J connectivity index is 1.70. The first-order chi connectivity index (χ1) is 14.0. The minimum Gasteiger partial charge on any atom is -0.494 e. The summed E-state index contributed by atoms with van der Waals surface area (Å²) < 4.78 is 12.3. The van der Waals surface area contributed by atoms with Gasteiger partial charge in [-0.05, 0) is 56.5 Å². The predicted octanol–water partition coefficient (Wildman–Crippen LogP) is 4.28. The normalized spacial score (nSPS) is 11.0. The summed E-state index contributed by atoms with van der Waals surface area (Å²) in [5, 5.41) is 0.742. The number of hydrogen-bond acceptors (Lipinski definition) is 6. The van der Waals surface area contributed by atoms with Gasteiger partial charge in [0.1, 0.15) is 16.4 Å². The van der Waals surface area contributed by atoms with Crippen LogP contribution in [0.3, 0.4) is 0 Å². The Labute approximate surface area is 174 Å². The van der Waals surface area contributed by atoms with E-state index in [0.717, 1.165) is 39.3 Å². The summed E-state index contributed by atoms with van der Waals surface area (Å²) in [7, 11) is 1.35. The van der Waals surface area contributed by atoms with Gasteiger partial charge in [-0.3, -0.25) is 9.36 Å². The van der Waals surface area contributed by atoms with Crippen molar-refractivity contribution in [3.63, 3.8) is 0 Å². The number of rotatable bonds is 8. The average Bonchev–Trinajstić information content (AvgIpc) is 3.00. The standard InChI is InChI=1S/C22H26N2O4S/c1-5-7-18-23-20-19(14(2)15(3)29-20)21(25)24(18)12-6-13-28-17-10-8-16(9-11-17)22(26)27-4/h8-11H,5-7,12-13H2,1-4H3. The number of methoxy groups -OCH3 is 1. The molecule has 2 heterocycles. The fourth-order valence-electron chi connectivity index (χ4n) is 3.23. The maximum atomic E-state index is 13.1. The van der Waals surface area contributed by atoms with Crippen molar-refractivity contribution in [1.29, 1.82) is 0 Å². The van der Waals surface area contributed by atoms with Gasteiger partial charge in [-0.15, -0.1) is 11.3 Å². The van der Waals surface area contributed by atoms with Gasteiger partial charge < -0.3 is 9.47 Å². The fourth-order valence-corrected chi connectivity index (χ4v) is 4.27. The molecule has 0 aliphatic heterocycles. The highest BCUT2D eigenvalue weighted by molar-refractivity contribution is 7.18. The number of hydrogen-bond donors (Lipinski definition) is 0. The molecule has 2 aromatic heterocycles. The van der Waals surface area contributed by atoms with E-state index >= 15 is 0 Å². The van der Waals surface area contributed by atoms with E-state index in [1.54, 1.807) is 40.2 Å². The van der Waals surface area contributed by atoms with Crippen molar-refractivity contribution in [1.82, 2.24) is 9.55 Å². The van der Waals surface area contributed by atoms with E-state index in [0.29, 0.717) is 30.9 Å². The fraction of sp³-hybridized carbons (Fsp3) is 0.409. The van der Waals surface area contributed by atoms with E-state index in [4.69, 9.17) is 9.72 Å². The van der Waals surface area contributed by atoms with Crippen LogP contribution in [0.2, 0.25) is 0 Å². The summed E-state index contributed by atoms with van der Waals surface area (Å²) in [6.07, 6.45) is 2.39. The lowest BCUT2D eigenvalue weighted by atomic mass is 10.2. The third-order valence-corrected chi connectivity index (χ3v) is 6.01. The van der Waals surface area contributed by atoms with Crippen LogP contribution in [-0.4, -0.2) is 29.2 Å². The summed E-state index contributed by atoms with van der Waals surface area (Å²) >= 11 is 1.59. The van der Waals surface area contributed by atoms with Crippen molar-refractivity contribution >= 4 is 27.5 Å². The molecule has 6 nitrogen and oxygen atoms in total. The Hall–Kier alpha value is -2.67. The van der Waals surface area contributed by atoms with Gasteiger partial charge in [-0.1, -0.05) is 6.92 Å². The number of aromatic nitrogens is 2. The Morgan fingerprint density at radius 2 is 1.93 bits per heavy atom. The molecule has 0 unspecified atom stereocenters. The highest BCUT2D eigenvalue weighted by atomic mass is 32.1. The van der Waals surface area contributed by atoms with Crippen LogP contribution in [-0.2, 0) is 17.7 Å². The van der Waals surface area contributed by atoms with E-state index in [2.05, 4.69) is 11.7 Å². The third kappa shape index (κ3) is 4.50. The van der Waals surface area contributed by atoms with E-state index in [-0.39, 0.29) is 11.5 Å². The molecular weight excluding hydrogens is 388 g/mol. The molecule has 154 valence electrons. The van der Waals surface area contributed by atoms with Crippen LogP contribution >= 0.6 is 11.3 Å². The number of aryl methyl sites for hydroxylation is 3. The molecule has 0 amide bonds. The lowest BCUT2D eigenvalue weighted by Gasteiger charge is -2.13. The Morgan fingerprint density at radius 1 is 1.21 bits per heavy atom. The molecule has 0 aliphatic rings. The molecule has 7 heteroatoms. The lowest BCUT2D eigenvalue weighted by Crippen LogP contribution is -2.26. The number of thiophene rings is 1. The summed E-state index contributed by atoms with van der Waals surface area (Å²) in [4.78, 5) is 31.3.